The minimum absolute atomic E-state index is 0.580. The normalized spacial score (nSPS) is 11.3. The first-order chi connectivity index (χ1) is 35.5. The van der Waals surface area contributed by atoms with Gasteiger partial charge in [0.2, 0.25) is 0 Å². The molecule has 0 bridgehead atoms. The summed E-state index contributed by atoms with van der Waals surface area (Å²) in [6, 6.07) is 77.1. The lowest BCUT2D eigenvalue weighted by molar-refractivity contribution is 1.01. The molecule has 14 aromatic rings. The fourth-order valence-electron chi connectivity index (χ4n) is 10.5. The molecule has 0 saturated carbocycles. The standard InChI is InChI=1S/2C31H17N5/c32-18-20-12-14-28-24(16-20)22-6-1-3-8-26(22)35(28)30-10-5-11-31(34-30)36-27-9-4-2-7-23(27)25-17-21(19-33)13-15-29(25)36;32-18-20-12-14-28-24(16-20)25-17-21(19-33)13-15-29(25)36(28)31-11-5-10-30(34-31)35-26-8-3-1-6-22(26)23-7-2-4-9-27(23)35/h2*1-17H. The van der Waals surface area contributed by atoms with Gasteiger partial charge in [-0.2, -0.15) is 21.0 Å². The molecule has 10 nitrogen and oxygen atoms in total. The summed E-state index contributed by atoms with van der Waals surface area (Å²) >= 11 is 0. The first-order valence-electron chi connectivity index (χ1n) is 23.2. The van der Waals surface area contributed by atoms with Crippen LogP contribution in [0.5, 0.6) is 0 Å². The van der Waals surface area contributed by atoms with Crippen LogP contribution < -0.4 is 0 Å². The van der Waals surface area contributed by atoms with E-state index in [9.17, 15) is 21.0 Å². The molecule has 0 saturated heterocycles. The molecule has 0 unspecified atom stereocenters. The van der Waals surface area contributed by atoms with E-state index in [0.717, 1.165) is 99.7 Å². The maximum Gasteiger partial charge on any atom is 0.140 e. The van der Waals surface area contributed by atoms with Gasteiger partial charge in [-0.25, -0.2) is 9.97 Å². The van der Waals surface area contributed by atoms with Gasteiger partial charge in [0.1, 0.15) is 23.3 Å². The van der Waals surface area contributed by atoms with E-state index < -0.39 is 0 Å². The third kappa shape index (κ3) is 6.39. The fraction of sp³-hybridized carbons (Fsp3) is 0. The summed E-state index contributed by atoms with van der Waals surface area (Å²) in [7, 11) is 0. The Morgan fingerprint density at radius 3 is 0.722 bits per heavy atom. The van der Waals surface area contributed by atoms with E-state index in [-0.39, 0.29) is 0 Å². The van der Waals surface area contributed by atoms with E-state index in [1.54, 1.807) is 0 Å². The van der Waals surface area contributed by atoms with E-state index in [0.29, 0.717) is 22.3 Å². The molecular weight excluding hydrogens is 885 g/mol. The molecule has 0 fully saturated rings. The van der Waals surface area contributed by atoms with Gasteiger partial charge in [-0.3, -0.25) is 18.3 Å². The van der Waals surface area contributed by atoms with Gasteiger partial charge in [-0.15, -0.1) is 0 Å². The lowest BCUT2D eigenvalue weighted by atomic mass is 10.1. The van der Waals surface area contributed by atoms with Crippen LogP contribution in [0.1, 0.15) is 22.3 Å². The van der Waals surface area contributed by atoms with Crippen LogP contribution in [0.15, 0.2) is 206 Å². The number of aromatic nitrogens is 6. The highest BCUT2D eigenvalue weighted by Crippen LogP contribution is 2.37. The maximum atomic E-state index is 9.48. The zero-order chi connectivity index (χ0) is 48.5. The van der Waals surface area contributed by atoms with Gasteiger partial charge in [0.05, 0.1) is 90.7 Å². The predicted octanol–water partition coefficient (Wildman–Crippen LogP) is 14.0. The van der Waals surface area contributed by atoms with Gasteiger partial charge in [0.25, 0.3) is 0 Å². The number of hydrogen-bond acceptors (Lipinski definition) is 6. The molecule has 8 aromatic carbocycles. The van der Waals surface area contributed by atoms with Crippen molar-refractivity contribution in [3.63, 3.8) is 0 Å². The number of fused-ring (bicyclic) bond motifs is 12. The quantitative estimate of drug-likeness (QED) is 0.172. The second kappa shape index (κ2) is 16.5. The zero-order valence-corrected chi connectivity index (χ0v) is 38.1. The summed E-state index contributed by atoms with van der Waals surface area (Å²) in [5, 5.41) is 46.3. The Kier molecular flexibility index (Phi) is 9.48. The van der Waals surface area contributed by atoms with Crippen LogP contribution in [-0.4, -0.2) is 28.2 Å². The second-order valence-electron chi connectivity index (χ2n) is 17.5. The molecule has 0 spiro atoms. The third-order valence-corrected chi connectivity index (χ3v) is 13.6. The topological polar surface area (TPSA) is 141 Å². The lowest BCUT2D eigenvalue weighted by Gasteiger charge is -2.11. The Morgan fingerprint density at radius 1 is 0.236 bits per heavy atom. The molecule has 332 valence electrons. The van der Waals surface area contributed by atoms with Crippen LogP contribution in [0, 0.1) is 45.3 Å². The minimum Gasteiger partial charge on any atom is -0.294 e. The van der Waals surface area contributed by atoms with Crippen LogP contribution in [0.4, 0.5) is 0 Å². The van der Waals surface area contributed by atoms with Crippen molar-refractivity contribution in [1.29, 1.82) is 21.0 Å². The number of rotatable bonds is 4. The summed E-state index contributed by atoms with van der Waals surface area (Å²) in [6.45, 7) is 0. The average Bonchev–Trinajstić information content (AvgIpc) is 4.17. The largest absolute Gasteiger partial charge is 0.294 e. The summed E-state index contributed by atoms with van der Waals surface area (Å²) in [5.74, 6) is 3.18. The van der Waals surface area contributed by atoms with Crippen molar-refractivity contribution >= 4 is 87.2 Å². The van der Waals surface area contributed by atoms with E-state index >= 15 is 0 Å². The third-order valence-electron chi connectivity index (χ3n) is 13.6. The molecule has 10 heteroatoms. The molecule has 72 heavy (non-hydrogen) atoms. The van der Waals surface area contributed by atoms with E-state index in [4.69, 9.17) is 9.97 Å². The average molecular weight is 919 g/mol. The van der Waals surface area contributed by atoms with E-state index in [1.165, 1.54) is 10.8 Å². The lowest BCUT2D eigenvalue weighted by Crippen LogP contribution is -2.03. The van der Waals surface area contributed by atoms with Crippen LogP contribution in [0.3, 0.4) is 0 Å². The van der Waals surface area contributed by atoms with E-state index in [2.05, 4.69) is 103 Å². The highest BCUT2D eigenvalue weighted by Gasteiger charge is 2.19. The van der Waals surface area contributed by atoms with Gasteiger partial charge >= 0.3 is 0 Å². The first kappa shape index (κ1) is 41.4. The first-order valence-corrected chi connectivity index (χ1v) is 23.2. The summed E-state index contributed by atoms with van der Waals surface area (Å²) in [4.78, 5) is 10.3. The SMILES string of the molecule is N#Cc1ccc2c(c1)c1cc(C#N)ccc1n2-c1cccc(-n2c3ccccc3c3ccccc32)n1.N#Cc1ccc2c(c1)c1ccccc1n2-c1cccc(-n2c3ccccc3c3cc(C#N)ccc32)n1. The van der Waals surface area contributed by atoms with Crippen molar-refractivity contribution < 1.29 is 0 Å². The second-order valence-corrected chi connectivity index (χ2v) is 17.5. The van der Waals surface area contributed by atoms with Gasteiger partial charge in [-0.1, -0.05) is 84.9 Å². The Bertz CT molecular complexity index is 4490. The van der Waals surface area contributed by atoms with Crippen molar-refractivity contribution in [2.24, 2.45) is 0 Å². The van der Waals surface area contributed by atoms with Gasteiger partial charge in [-0.05, 0) is 121 Å². The van der Waals surface area contributed by atoms with Crippen molar-refractivity contribution in [1.82, 2.24) is 28.2 Å². The fourth-order valence-corrected chi connectivity index (χ4v) is 10.5. The summed E-state index contributed by atoms with van der Waals surface area (Å²) in [5.41, 5.74) is 10.6. The maximum absolute atomic E-state index is 9.48. The van der Waals surface area contributed by atoms with Gasteiger partial charge in [0.15, 0.2) is 0 Å². The smallest absolute Gasteiger partial charge is 0.140 e. The Hall–Kier alpha value is -10.8. The number of pyridine rings is 2. The van der Waals surface area contributed by atoms with E-state index in [1.807, 2.05) is 146 Å². The molecule has 0 aliphatic rings. The number of benzene rings is 8. The Labute approximate surface area is 410 Å². The monoisotopic (exact) mass is 918 g/mol. The number of hydrogen-bond donors (Lipinski definition) is 0. The van der Waals surface area contributed by atoms with Crippen molar-refractivity contribution in [3.05, 3.63) is 229 Å². The Morgan fingerprint density at radius 2 is 0.458 bits per heavy atom. The Balaban J connectivity index is 0.000000140. The summed E-state index contributed by atoms with van der Waals surface area (Å²) < 4.78 is 8.60. The molecule has 6 heterocycles. The molecule has 0 aliphatic heterocycles. The van der Waals surface area contributed by atoms with Crippen LogP contribution in [-0.2, 0) is 0 Å². The molecule has 0 atom stereocenters. The number of nitrogens with zero attached hydrogens (tertiary/aromatic N) is 10. The summed E-state index contributed by atoms with van der Waals surface area (Å²) in [6.07, 6.45) is 0. The minimum atomic E-state index is 0.580. The van der Waals surface area contributed by atoms with Crippen molar-refractivity contribution in [3.8, 4) is 47.5 Å². The molecule has 0 amide bonds. The van der Waals surface area contributed by atoms with Gasteiger partial charge in [0, 0.05) is 43.1 Å². The van der Waals surface area contributed by atoms with Crippen molar-refractivity contribution in [2.45, 2.75) is 0 Å². The van der Waals surface area contributed by atoms with Crippen molar-refractivity contribution in [2.75, 3.05) is 0 Å². The highest BCUT2D eigenvalue weighted by molar-refractivity contribution is 6.12. The van der Waals surface area contributed by atoms with Crippen LogP contribution in [0.25, 0.3) is 110 Å². The van der Waals surface area contributed by atoms with Crippen LogP contribution in [0.2, 0.25) is 0 Å². The molecule has 14 rings (SSSR count). The highest BCUT2D eigenvalue weighted by atomic mass is 15.1. The molecule has 0 aliphatic carbocycles. The molecule has 0 N–H and O–H groups in total. The molecule has 0 radical (unpaired) electrons. The number of nitriles is 4. The number of para-hydroxylation sites is 4. The van der Waals surface area contributed by atoms with Gasteiger partial charge < -0.3 is 0 Å². The van der Waals surface area contributed by atoms with Crippen LogP contribution >= 0.6 is 0 Å². The molecular formula is C62H34N10. The predicted molar refractivity (Wildman–Crippen MR) is 285 cm³/mol. The zero-order valence-electron chi connectivity index (χ0n) is 38.1. The molecule has 6 aromatic heterocycles.